The fourth-order valence-electron chi connectivity index (χ4n) is 2.82. The zero-order valence-corrected chi connectivity index (χ0v) is 11.7. The van der Waals surface area contributed by atoms with Gasteiger partial charge in [-0.2, -0.15) is 0 Å². The molecule has 0 aromatic carbocycles. The van der Waals surface area contributed by atoms with Crippen molar-refractivity contribution in [3.8, 4) is 0 Å². The van der Waals surface area contributed by atoms with Crippen molar-refractivity contribution in [2.75, 3.05) is 0 Å². The van der Waals surface area contributed by atoms with Crippen molar-refractivity contribution in [1.82, 2.24) is 4.90 Å². The summed E-state index contributed by atoms with van der Waals surface area (Å²) in [4.78, 5) is 14.4. The van der Waals surface area contributed by atoms with E-state index in [0.29, 0.717) is 12.6 Å². The topological polar surface area (TPSA) is 59.5 Å². The molecule has 1 fully saturated rings. The Labute approximate surface area is 114 Å². The first-order chi connectivity index (χ1) is 9.22. The molecule has 0 radical (unpaired) electrons. The van der Waals surface area contributed by atoms with Gasteiger partial charge in [-0.15, -0.1) is 0 Å². The third kappa shape index (κ3) is 3.60. The van der Waals surface area contributed by atoms with Crippen molar-refractivity contribution in [2.24, 2.45) is 5.73 Å². The lowest BCUT2D eigenvalue weighted by molar-refractivity contribution is -0.136. The molecule has 1 aliphatic rings. The molecule has 0 aliphatic heterocycles. The summed E-state index contributed by atoms with van der Waals surface area (Å²) < 4.78 is 5.38. The van der Waals surface area contributed by atoms with Gasteiger partial charge in [-0.3, -0.25) is 4.79 Å². The normalized spacial score (nSPS) is 17.6. The number of hydrogen-bond donors (Lipinski definition) is 1. The highest BCUT2D eigenvalue weighted by molar-refractivity contribution is 5.81. The molecular weight excluding hydrogens is 240 g/mol. The van der Waals surface area contributed by atoms with Crippen LogP contribution in [0, 0.1) is 0 Å². The predicted molar refractivity (Wildman–Crippen MR) is 74.4 cm³/mol. The summed E-state index contributed by atoms with van der Waals surface area (Å²) in [6, 6.07) is 3.74. The van der Waals surface area contributed by atoms with E-state index in [0.717, 1.165) is 31.4 Å². The number of rotatable bonds is 6. The van der Waals surface area contributed by atoms with Gasteiger partial charge in [-0.05, 0) is 31.4 Å². The molecule has 0 bridgehead atoms. The van der Waals surface area contributed by atoms with Crippen LogP contribution in [-0.4, -0.2) is 22.9 Å². The number of hydrogen-bond acceptors (Lipinski definition) is 3. The molecule has 1 heterocycles. The molecule has 1 amide bonds. The molecule has 1 aromatic heterocycles. The molecule has 2 N–H and O–H groups in total. The van der Waals surface area contributed by atoms with Gasteiger partial charge >= 0.3 is 0 Å². The van der Waals surface area contributed by atoms with Crippen LogP contribution in [0.15, 0.2) is 22.8 Å². The van der Waals surface area contributed by atoms with Crippen molar-refractivity contribution in [3.05, 3.63) is 24.2 Å². The van der Waals surface area contributed by atoms with Crippen LogP contribution >= 0.6 is 0 Å². The molecule has 2 rings (SSSR count). The van der Waals surface area contributed by atoms with E-state index in [1.54, 1.807) is 6.26 Å². The van der Waals surface area contributed by atoms with Crippen LogP contribution in [0.4, 0.5) is 0 Å². The molecule has 106 valence electrons. The van der Waals surface area contributed by atoms with E-state index < -0.39 is 0 Å². The Morgan fingerprint density at radius 2 is 2.26 bits per heavy atom. The van der Waals surface area contributed by atoms with Crippen LogP contribution in [0.5, 0.6) is 0 Å². The van der Waals surface area contributed by atoms with Crippen LogP contribution in [0.2, 0.25) is 0 Å². The van der Waals surface area contributed by atoms with Gasteiger partial charge in [0.1, 0.15) is 5.76 Å². The van der Waals surface area contributed by atoms with E-state index in [1.165, 1.54) is 12.8 Å². The van der Waals surface area contributed by atoms with Crippen molar-refractivity contribution >= 4 is 5.91 Å². The van der Waals surface area contributed by atoms with Crippen molar-refractivity contribution in [3.63, 3.8) is 0 Å². The molecule has 4 heteroatoms. The third-order valence-corrected chi connectivity index (χ3v) is 3.87. The average molecular weight is 264 g/mol. The van der Waals surface area contributed by atoms with Crippen molar-refractivity contribution in [2.45, 2.75) is 64.1 Å². The van der Waals surface area contributed by atoms with Crippen LogP contribution in [0.3, 0.4) is 0 Å². The van der Waals surface area contributed by atoms with E-state index in [9.17, 15) is 4.79 Å². The second-order valence-electron chi connectivity index (χ2n) is 5.38. The monoisotopic (exact) mass is 264 g/mol. The van der Waals surface area contributed by atoms with E-state index >= 15 is 0 Å². The Kier molecular flexibility index (Phi) is 5.02. The van der Waals surface area contributed by atoms with Crippen LogP contribution in [0.1, 0.15) is 51.2 Å². The van der Waals surface area contributed by atoms with Crippen molar-refractivity contribution < 1.29 is 9.21 Å². The summed E-state index contributed by atoms with van der Waals surface area (Å²) >= 11 is 0. The highest BCUT2D eigenvalue weighted by atomic mass is 16.3. The summed E-state index contributed by atoms with van der Waals surface area (Å²) in [5, 5.41) is 0. The first kappa shape index (κ1) is 14.1. The zero-order chi connectivity index (χ0) is 13.7. The number of amides is 1. The lowest BCUT2D eigenvalue weighted by Gasteiger charge is -2.30. The molecule has 1 saturated carbocycles. The van der Waals surface area contributed by atoms with Crippen molar-refractivity contribution in [1.29, 1.82) is 0 Å². The largest absolute Gasteiger partial charge is 0.467 e. The molecule has 0 spiro atoms. The maximum atomic E-state index is 12.5. The maximum absolute atomic E-state index is 12.5. The lowest BCUT2D eigenvalue weighted by Crippen LogP contribution is -2.47. The highest BCUT2D eigenvalue weighted by Crippen LogP contribution is 2.26. The molecule has 1 aromatic rings. The number of carbonyl (C=O) groups excluding carboxylic acids is 1. The molecule has 1 atom stereocenters. The quantitative estimate of drug-likeness (QED) is 0.859. The van der Waals surface area contributed by atoms with E-state index in [2.05, 4.69) is 6.92 Å². The average Bonchev–Trinajstić information content (AvgIpc) is 3.08. The lowest BCUT2D eigenvalue weighted by atomic mass is 10.1. The zero-order valence-electron chi connectivity index (χ0n) is 11.7. The van der Waals surface area contributed by atoms with Gasteiger partial charge in [0.25, 0.3) is 0 Å². The minimum atomic E-state index is -0.374. The molecule has 4 nitrogen and oxygen atoms in total. The van der Waals surface area contributed by atoms with Gasteiger partial charge in [-0.1, -0.05) is 26.2 Å². The Morgan fingerprint density at radius 1 is 1.53 bits per heavy atom. The van der Waals surface area contributed by atoms with Gasteiger partial charge in [0.05, 0.1) is 18.8 Å². The van der Waals surface area contributed by atoms with Gasteiger partial charge in [0, 0.05) is 6.04 Å². The SMILES string of the molecule is CCCC(N)C(=O)N(Cc1ccco1)C1CCCC1. The fourth-order valence-corrected chi connectivity index (χ4v) is 2.82. The summed E-state index contributed by atoms with van der Waals surface area (Å²) in [6.07, 6.45) is 7.92. The van der Waals surface area contributed by atoms with Gasteiger partial charge in [0.2, 0.25) is 5.91 Å². The Bertz CT molecular complexity index is 383. The Morgan fingerprint density at radius 3 is 2.84 bits per heavy atom. The highest BCUT2D eigenvalue weighted by Gasteiger charge is 2.30. The third-order valence-electron chi connectivity index (χ3n) is 3.87. The number of furan rings is 1. The first-order valence-electron chi connectivity index (χ1n) is 7.30. The maximum Gasteiger partial charge on any atom is 0.240 e. The standard InChI is InChI=1S/C15H24N2O2/c1-2-6-14(16)15(18)17(12-7-3-4-8-12)11-13-9-5-10-19-13/h5,9-10,12,14H,2-4,6-8,11,16H2,1H3. The van der Waals surface area contributed by atoms with Gasteiger partial charge in [0.15, 0.2) is 0 Å². The first-order valence-corrected chi connectivity index (χ1v) is 7.30. The summed E-state index contributed by atoms with van der Waals surface area (Å²) in [5.41, 5.74) is 6.00. The van der Waals surface area contributed by atoms with Gasteiger partial charge < -0.3 is 15.1 Å². The summed E-state index contributed by atoms with van der Waals surface area (Å²) in [7, 11) is 0. The smallest absolute Gasteiger partial charge is 0.240 e. The van der Waals surface area contributed by atoms with Crippen LogP contribution in [-0.2, 0) is 11.3 Å². The minimum absolute atomic E-state index is 0.0742. The number of carbonyl (C=O) groups is 1. The summed E-state index contributed by atoms with van der Waals surface area (Å²) in [6.45, 7) is 2.60. The van der Waals surface area contributed by atoms with E-state index in [4.69, 9.17) is 10.2 Å². The van der Waals surface area contributed by atoms with Gasteiger partial charge in [-0.25, -0.2) is 0 Å². The molecule has 19 heavy (non-hydrogen) atoms. The number of nitrogens with two attached hydrogens (primary N) is 1. The summed E-state index contributed by atoms with van der Waals surface area (Å²) in [5.74, 6) is 0.911. The van der Waals surface area contributed by atoms with Crippen LogP contribution < -0.4 is 5.73 Å². The minimum Gasteiger partial charge on any atom is -0.467 e. The van der Waals surface area contributed by atoms with E-state index in [1.807, 2.05) is 17.0 Å². The molecule has 0 saturated heterocycles. The molecular formula is C15H24N2O2. The Balaban J connectivity index is 2.06. The second kappa shape index (κ2) is 6.75. The molecule has 1 unspecified atom stereocenters. The van der Waals surface area contributed by atoms with E-state index in [-0.39, 0.29) is 11.9 Å². The fraction of sp³-hybridized carbons (Fsp3) is 0.667. The number of nitrogens with zero attached hydrogens (tertiary/aromatic N) is 1. The van der Waals surface area contributed by atoms with Crippen LogP contribution in [0.25, 0.3) is 0 Å². The second-order valence-corrected chi connectivity index (χ2v) is 5.38. The Hall–Kier alpha value is -1.29. The predicted octanol–water partition coefficient (Wildman–Crippen LogP) is 2.68. The molecule has 1 aliphatic carbocycles.